The Labute approximate surface area is 101 Å². The Hall–Kier alpha value is -1.03. The van der Waals surface area contributed by atoms with E-state index >= 15 is 0 Å². The van der Waals surface area contributed by atoms with Crippen LogP contribution in [0.5, 0.6) is 0 Å². The van der Waals surface area contributed by atoms with Crippen LogP contribution >= 0.6 is 11.8 Å². The minimum Gasteiger partial charge on any atom is -0.383 e. The minimum absolute atomic E-state index is 0.213. The van der Waals surface area contributed by atoms with Crippen LogP contribution in [-0.2, 0) is 11.2 Å². The number of Topliss-reactive ketones (excluding diaryl/α,β-unsaturated/α-hetero) is 1. The molecule has 0 saturated carbocycles. The molecule has 0 aliphatic carbocycles. The van der Waals surface area contributed by atoms with Crippen molar-refractivity contribution in [3.05, 3.63) is 23.9 Å². The van der Waals surface area contributed by atoms with Gasteiger partial charge in [0.15, 0.2) is 0 Å². The SMILES string of the molecule is CC(C)CSCC(=O)Cc1cccnc1N. The van der Waals surface area contributed by atoms with Crippen molar-refractivity contribution in [2.24, 2.45) is 5.92 Å². The number of nitrogens with zero attached hydrogens (tertiary/aromatic N) is 1. The third kappa shape index (κ3) is 4.66. The molecule has 0 unspecified atom stereocenters. The molecular formula is C12H18N2OS. The number of carbonyl (C=O) groups excluding carboxylic acids is 1. The van der Waals surface area contributed by atoms with Crippen LogP contribution in [0.1, 0.15) is 19.4 Å². The van der Waals surface area contributed by atoms with E-state index < -0.39 is 0 Å². The molecule has 0 amide bonds. The molecule has 0 saturated heterocycles. The fraction of sp³-hybridized carbons (Fsp3) is 0.500. The lowest BCUT2D eigenvalue weighted by Crippen LogP contribution is -2.09. The van der Waals surface area contributed by atoms with E-state index in [4.69, 9.17) is 5.73 Å². The van der Waals surface area contributed by atoms with Gasteiger partial charge >= 0.3 is 0 Å². The lowest BCUT2D eigenvalue weighted by atomic mass is 10.1. The fourth-order valence-electron chi connectivity index (χ4n) is 1.27. The lowest BCUT2D eigenvalue weighted by molar-refractivity contribution is -0.115. The number of nitrogens with two attached hydrogens (primary N) is 1. The Morgan fingerprint density at radius 3 is 2.94 bits per heavy atom. The maximum atomic E-state index is 11.6. The number of rotatable bonds is 6. The summed E-state index contributed by atoms with van der Waals surface area (Å²) in [6, 6.07) is 3.66. The largest absolute Gasteiger partial charge is 0.383 e. The van der Waals surface area contributed by atoms with E-state index in [1.807, 2.05) is 6.07 Å². The average molecular weight is 238 g/mol. The van der Waals surface area contributed by atoms with E-state index in [9.17, 15) is 4.79 Å². The van der Waals surface area contributed by atoms with Crippen LogP contribution in [-0.4, -0.2) is 22.3 Å². The van der Waals surface area contributed by atoms with Crippen LogP contribution in [0.25, 0.3) is 0 Å². The van der Waals surface area contributed by atoms with Gasteiger partial charge in [-0.1, -0.05) is 19.9 Å². The van der Waals surface area contributed by atoms with Gasteiger partial charge < -0.3 is 5.73 Å². The van der Waals surface area contributed by atoms with Gasteiger partial charge in [-0.15, -0.1) is 0 Å². The standard InChI is InChI=1S/C12H18N2OS/c1-9(2)7-16-8-11(15)6-10-4-3-5-14-12(10)13/h3-5,9H,6-8H2,1-2H3,(H2,13,14). The Kier molecular flexibility index (Phi) is 5.32. The third-order valence-corrected chi connectivity index (χ3v) is 3.46. The predicted molar refractivity (Wildman–Crippen MR) is 69.5 cm³/mol. The van der Waals surface area contributed by atoms with Crippen molar-refractivity contribution >= 4 is 23.4 Å². The summed E-state index contributed by atoms with van der Waals surface area (Å²) >= 11 is 1.68. The number of aromatic nitrogens is 1. The highest BCUT2D eigenvalue weighted by atomic mass is 32.2. The molecular weight excluding hydrogens is 220 g/mol. The number of anilines is 1. The molecule has 0 aliphatic rings. The molecule has 0 aliphatic heterocycles. The van der Waals surface area contributed by atoms with Gasteiger partial charge in [-0.2, -0.15) is 11.8 Å². The highest BCUT2D eigenvalue weighted by Gasteiger charge is 2.07. The summed E-state index contributed by atoms with van der Waals surface area (Å²) in [5.41, 5.74) is 6.51. The smallest absolute Gasteiger partial charge is 0.147 e. The van der Waals surface area contributed by atoms with Gasteiger partial charge in [0, 0.05) is 18.2 Å². The van der Waals surface area contributed by atoms with Gasteiger partial charge in [0.1, 0.15) is 11.6 Å². The molecule has 0 radical (unpaired) electrons. The van der Waals surface area contributed by atoms with Crippen LogP contribution in [0.3, 0.4) is 0 Å². The first-order valence-corrected chi connectivity index (χ1v) is 6.54. The van der Waals surface area contributed by atoms with Gasteiger partial charge in [0.2, 0.25) is 0 Å². The maximum absolute atomic E-state index is 11.6. The number of thioether (sulfide) groups is 1. The molecule has 0 spiro atoms. The second-order valence-corrected chi connectivity index (χ2v) is 5.20. The van der Waals surface area contributed by atoms with Gasteiger partial charge in [-0.25, -0.2) is 4.98 Å². The van der Waals surface area contributed by atoms with E-state index in [1.165, 1.54) is 0 Å². The van der Waals surface area contributed by atoms with Crippen molar-refractivity contribution in [2.75, 3.05) is 17.2 Å². The summed E-state index contributed by atoms with van der Waals surface area (Å²) in [4.78, 5) is 15.6. The topological polar surface area (TPSA) is 56.0 Å². The zero-order chi connectivity index (χ0) is 12.0. The summed E-state index contributed by atoms with van der Waals surface area (Å²) in [5, 5.41) is 0. The van der Waals surface area contributed by atoms with Gasteiger partial charge in [0.05, 0.1) is 5.75 Å². The molecule has 4 heteroatoms. The maximum Gasteiger partial charge on any atom is 0.147 e. The predicted octanol–water partition coefficient (Wildman–Crippen LogP) is 2.16. The number of carbonyl (C=O) groups is 1. The van der Waals surface area contributed by atoms with Gasteiger partial charge in [-0.3, -0.25) is 4.79 Å². The average Bonchev–Trinajstić information content (AvgIpc) is 2.21. The molecule has 1 aromatic rings. The monoisotopic (exact) mass is 238 g/mol. The molecule has 0 aromatic carbocycles. The van der Waals surface area contributed by atoms with Crippen molar-refractivity contribution in [1.29, 1.82) is 0 Å². The normalized spacial score (nSPS) is 10.7. The van der Waals surface area contributed by atoms with Crippen molar-refractivity contribution in [3.8, 4) is 0 Å². The van der Waals surface area contributed by atoms with E-state index in [1.54, 1.807) is 24.0 Å². The highest BCUT2D eigenvalue weighted by molar-refractivity contribution is 7.99. The first kappa shape index (κ1) is 13.0. The van der Waals surface area contributed by atoms with Gasteiger partial charge in [0.25, 0.3) is 0 Å². The quantitative estimate of drug-likeness (QED) is 0.825. The number of hydrogen-bond donors (Lipinski definition) is 1. The number of nitrogen functional groups attached to an aromatic ring is 1. The molecule has 3 nitrogen and oxygen atoms in total. The first-order chi connectivity index (χ1) is 7.59. The Morgan fingerprint density at radius 1 is 1.56 bits per heavy atom. The summed E-state index contributed by atoms with van der Waals surface area (Å²) in [7, 11) is 0. The molecule has 0 fully saturated rings. The number of pyridine rings is 1. The summed E-state index contributed by atoms with van der Waals surface area (Å²) < 4.78 is 0. The molecule has 1 heterocycles. The zero-order valence-corrected chi connectivity index (χ0v) is 10.6. The fourth-order valence-corrected chi connectivity index (χ4v) is 2.19. The zero-order valence-electron chi connectivity index (χ0n) is 9.77. The van der Waals surface area contributed by atoms with E-state index in [0.29, 0.717) is 23.9 Å². The number of ketones is 1. The van der Waals surface area contributed by atoms with E-state index in [0.717, 1.165) is 11.3 Å². The Morgan fingerprint density at radius 2 is 2.31 bits per heavy atom. The molecule has 16 heavy (non-hydrogen) atoms. The summed E-state index contributed by atoms with van der Waals surface area (Å²) in [6.45, 7) is 4.30. The highest BCUT2D eigenvalue weighted by Crippen LogP contribution is 2.12. The second-order valence-electron chi connectivity index (χ2n) is 4.17. The van der Waals surface area contributed by atoms with Crippen LogP contribution < -0.4 is 5.73 Å². The minimum atomic E-state index is 0.213. The third-order valence-electron chi connectivity index (χ3n) is 2.03. The summed E-state index contributed by atoms with van der Waals surface area (Å²) in [5.74, 6) is 2.89. The molecule has 88 valence electrons. The Balaban J connectivity index is 2.37. The lowest BCUT2D eigenvalue weighted by Gasteiger charge is -2.05. The molecule has 2 N–H and O–H groups in total. The molecule has 0 atom stereocenters. The van der Waals surface area contributed by atoms with Crippen molar-refractivity contribution < 1.29 is 4.79 Å². The van der Waals surface area contributed by atoms with Crippen molar-refractivity contribution in [3.63, 3.8) is 0 Å². The Bertz CT molecular complexity index is 353. The van der Waals surface area contributed by atoms with Crippen molar-refractivity contribution in [2.45, 2.75) is 20.3 Å². The van der Waals surface area contributed by atoms with E-state index in [-0.39, 0.29) is 5.78 Å². The van der Waals surface area contributed by atoms with E-state index in [2.05, 4.69) is 18.8 Å². The molecule has 0 bridgehead atoms. The van der Waals surface area contributed by atoms with Crippen LogP contribution in [0.4, 0.5) is 5.82 Å². The first-order valence-electron chi connectivity index (χ1n) is 5.38. The van der Waals surface area contributed by atoms with Crippen LogP contribution in [0.15, 0.2) is 18.3 Å². The van der Waals surface area contributed by atoms with Crippen molar-refractivity contribution in [1.82, 2.24) is 4.98 Å². The second kappa shape index (κ2) is 6.53. The van der Waals surface area contributed by atoms with Gasteiger partial charge in [-0.05, 0) is 17.7 Å². The number of hydrogen-bond acceptors (Lipinski definition) is 4. The molecule has 1 rings (SSSR count). The summed E-state index contributed by atoms with van der Waals surface area (Å²) in [6.07, 6.45) is 2.03. The van der Waals surface area contributed by atoms with Crippen LogP contribution in [0, 0.1) is 5.92 Å². The molecule has 1 aromatic heterocycles. The van der Waals surface area contributed by atoms with Crippen LogP contribution in [0.2, 0.25) is 0 Å².